The summed E-state index contributed by atoms with van der Waals surface area (Å²) in [4.78, 5) is 25.6. The number of sulfonamides is 1. The van der Waals surface area contributed by atoms with Crippen molar-refractivity contribution in [2.45, 2.75) is 49.8 Å². The van der Waals surface area contributed by atoms with Crippen LogP contribution in [0.5, 0.6) is 0 Å². The second kappa shape index (κ2) is 6.98. The Labute approximate surface area is 152 Å². The average Bonchev–Trinajstić information content (AvgIpc) is 3.37. The van der Waals surface area contributed by atoms with Crippen LogP contribution in [0, 0.1) is 6.92 Å². The van der Waals surface area contributed by atoms with Crippen LogP contribution in [0.3, 0.4) is 0 Å². The molecule has 1 aliphatic carbocycles. The van der Waals surface area contributed by atoms with Crippen molar-refractivity contribution >= 4 is 21.9 Å². The number of morpholine rings is 1. The van der Waals surface area contributed by atoms with E-state index in [-0.39, 0.29) is 29.6 Å². The molecule has 1 unspecified atom stereocenters. The van der Waals surface area contributed by atoms with Crippen LogP contribution in [0.4, 0.5) is 0 Å². The zero-order valence-corrected chi connectivity index (χ0v) is 15.5. The SMILES string of the molecule is Cc1ccc(S(=O)(=O)NC2CC2)cc1C(=O)N1CC(C(=O)O)O[C@H](C)C1. The van der Waals surface area contributed by atoms with Crippen LogP contribution < -0.4 is 4.72 Å². The summed E-state index contributed by atoms with van der Waals surface area (Å²) in [5, 5.41) is 9.17. The molecule has 0 spiro atoms. The molecule has 8 nitrogen and oxygen atoms in total. The molecule has 2 fully saturated rings. The molecular weight excluding hydrogens is 360 g/mol. The molecule has 2 atom stereocenters. The van der Waals surface area contributed by atoms with Crippen LogP contribution in [-0.4, -0.2) is 61.6 Å². The highest BCUT2D eigenvalue weighted by atomic mass is 32.2. The van der Waals surface area contributed by atoms with Crippen LogP contribution in [0.25, 0.3) is 0 Å². The molecule has 1 heterocycles. The minimum Gasteiger partial charge on any atom is -0.479 e. The minimum absolute atomic E-state index is 0.0307. The van der Waals surface area contributed by atoms with Crippen molar-refractivity contribution < 1.29 is 27.9 Å². The maximum atomic E-state index is 12.9. The van der Waals surface area contributed by atoms with Gasteiger partial charge in [-0.25, -0.2) is 17.9 Å². The Morgan fingerprint density at radius 1 is 1.27 bits per heavy atom. The van der Waals surface area contributed by atoms with Gasteiger partial charge >= 0.3 is 5.97 Å². The number of carbonyl (C=O) groups excluding carboxylic acids is 1. The summed E-state index contributed by atoms with van der Waals surface area (Å²) in [6.07, 6.45) is 0.127. The summed E-state index contributed by atoms with van der Waals surface area (Å²) in [7, 11) is -3.68. The number of aryl methyl sites for hydroxylation is 1. The van der Waals surface area contributed by atoms with Crippen molar-refractivity contribution in [3.05, 3.63) is 29.3 Å². The van der Waals surface area contributed by atoms with Crippen LogP contribution in [-0.2, 0) is 19.6 Å². The number of aliphatic carboxylic acids is 1. The Morgan fingerprint density at radius 3 is 2.58 bits per heavy atom. The van der Waals surface area contributed by atoms with Gasteiger partial charge in [0.2, 0.25) is 10.0 Å². The van der Waals surface area contributed by atoms with E-state index in [1.165, 1.54) is 17.0 Å². The Balaban J connectivity index is 1.86. The van der Waals surface area contributed by atoms with E-state index >= 15 is 0 Å². The van der Waals surface area contributed by atoms with Crippen molar-refractivity contribution in [2.75, 3.05) is 13.1 Å². The fraction of sp³-hybridized carbons (Fsp3) is 0.529. The Morgan fingerprint density at radius 2 is 1.96 bits per heavy atom. The molecule has 142 valence electrons. The Kier molecular flexibility index (Phi) is 5.05. The molecule has 1 aromatic carbocycles. The molecule has 1 amide bonds. The molecule has 2 aliphatic rings. The fourth-order valence-corrected chi connectivity index (χ4v) is 4.24. The molecule has 0 radical (unpaired) electrons. The lowest BCUT2D eigenvalue weighted by molar-refractivity contribution is -0.160. The number of rotatable bonds is 5. The molecular formula is C17H22N2O6S. The molecule has 0 bridgehead atoms. The zero-order chi connectivity index (χ0) is 19.1. The van der Waals surface area contributed by atoms with E-state index in [2.05, 4.69) is 4.72 Å². The number of carboxylic acid groups (broad SMARTS) is 1. The number of amides is 1. The molecule has 1 aromatic rings. The third kappa shape index (κ3) is 4.05. The highest BCUT2D eigenvalue weighted by molar-refractivity contribution is 7.89. The van der Waals surface area contributed by atoms with Crippen molar-refractivity contribution in [1.29, 1.82) is 0 Å². The van der Waals surface area contributed by atoms with Gasteiger partial charge in [0.25, 0.3) is 5.91 Å². The molecule has 9 heteroatoms. The summed E-state index contributed by atoms with van der Waals surface area (Å²) >= 11 is 0. The number of carbonyl (C=O) groups is 2. The maximum Gasteiger partial charge on any atom is 0.334 e. The third-order valence-electron chi connectivity index (χ3n) is 4.47. The number of nitrogens with one attached hydrogen (secondary N) is 1. The van der Waals surface area contributed by atoms with E-state index in [9.17, 15) is 23.1 Å². The summed E-state index contributed by atoms with van der Waals surface area (Å²) in [5.74, 6) is -1.52. The smallest absolute Gasteiger partial charge is 0.334 e. The number of benzene rings is 1. The summed E-state index contributed by atoms with van der Waals surface area (Å²) < 4.78 is 32.7. The van der Waals surface area contributed by atoms with E-state index in [0.29, 0.717) is 5.56 Å². The van der Waals surface area contributed by atoms with Gasteiger partial charge in [-0.2, -0.15) is 0 Å². The molecule has 26 heavy (non-hydrogen) atoms. The lowest BCUT2D eigenvalue weighted by atomic mass is 10.1. The van der Waals surface area contributed by atoms with Crippen LogP contribution in [0.15, 0.2) is 23.1 Å². The van der Waals surface area contributed by atoms with Gasteiger partial charge in [0.1, 0.15) is 0 Å². The first-order valence-corrected chi connectivity index (χ1v) is 9.96. The molecule has 1 saturated carbocycles. The number of nitrogens with zero attached hydrogens (tertiary/aromatic N) is 1. The lowest BCUT2D eigenvalue weighted by Gasteiger charge is -2.35. The summed E-state index contributed by atoms with van der Waals surface area (Å²) in [6, 6.07) is 4.39. The standard InChI is InChI=1S/C17H22N2O6S/c1-10-3-6-13(26(23,24)18-12-4-5-12)7-14(10)16(20)19-8-11(2)25-15(9-19)17(21)22/h3,6-7,11-12,15,18H,4-5,8-9H2,1-2H3,(H,21,22)/t11-,15?/m1/s1. The maximum absolute atomic E-state index is 12.9. The largest absolute Gasteiger partial charge is 0.479 e. The van der Waals surface area contributed by atoms with Gasteiger partial charge in [0.15, 0.2) is 6.10 Å². The second-order valence-electron chi connectivity index (χ2n) is 6.86. The number of carboxylic acids is 1. The monoisotopic (exact) mass is 382 g/mol. The van der Waals surface area contributed by atoms with Crippen LogP contribution in [0.1, 0.15) is 35.7 Å². The van der Waals surface area contributed by atoms with Crippen LogP contribution >= 0.6 is 0 Å². The van der Waals surface area contributed by atoms with E-state index < -0.39 is 34.1 Å². The van der Waals surface area contributed by atoms with Gasteiger partial charge < -0.3 is 14.7 Å². The van der Waals surface area contributed by atoms with Gasteiger partial charge in [-0.05, 0) is 44.4 Å². The first-order valence-electron chi connectivity index (χ1n) is 8.48. The van der Waals surface area contributed by atoms with E-state index in [1.807, 2.05) is 0 Å². The van der Waals surface area contributed by atoms with Crippen molar-refractivity contribution in [2.24, 2.45) is 0 Å². The van der Waals surface area contributed by atoms with E-state index in [4.69, 9.17) is 4.74 Å². The summed E-state index contributed by atoms with van der Waals surface area (Å²) in [5.41, 5.74) is 0.883. The highest BCUT2D eigenvalue weighted by Crippen LogP contribution is 2.24. The highest BCUT2D eigenvalue weighted by Gasteiger charge is 2.34. The minimum atomic E-state index is -3.68. The molecule has 1 aliphatic heterocycles. The van der Waals surface area contributed by atoms with Gasteiger partial charge in [-0.15, -0.1) is 0 Å². The Bertz CT molecular complexity index is 834. The van der Waals surface area contributed by atoms with Crippen molar-refractivity contribution in [3.8, 4) is 0 Å². The second-order valence-corrected chi connectivity index (χ2v) is 8.57. The van der Waals surface area contributed by atoms with Crippen molar-refractivity contribution in [1.82, 2.24) is 9.62 Å². The van der Waals surface area contributed by atoms with Gasteiger partial charge in [-0.3, -0.25) is 4.79 Å². The van der Waals surface area contributed by atoms with Gasteiger partial charge in [-0.1, -0.05) is 6.07 Å². The van der Waals surface area contributed by atoms with Gasteiger partial charge in [0, 0.05) is 18.2 Å². The fourth-order valence-electron chi connectivity index (χ4n) is 2.91. The first-order chi connectivity index (χ1) is 12.2. The van der Waals surface area contributed by atoms with E-state index in [0.717, 1.165) is 12.8 Å². The number of hydrogen-bond acceptors (Lipinski definition) is 5. The zero-order valence-electron chi connectivity index (χ0n) is 14.6. The van der Waals surface area contributed by atoms with Gasteiger partial charge in [0.05, 0.1) is 17.5 Å². The molecule has 0 aromatic heterocycles. The van der Waals surface area contributed by atoms with Crippen LogP contribution in [0.2, 0.25) is 0 Å². The lowest BCUT2D eigenvalue weighted by Crippen LogP contribution is -2.51. The first kappa shape index (κ1) is 18.8. The number of ether oxygens (including phenoxy) is 1. The summed E-state index contributed by atoms with van der Waals surface area (Å²) in [6.45, 7) is 3.59. The predicted molar refractivity (Wildman–Crippen MR) is 92.4 cm³/mol. The number of hydrogen-bond donors (Lipinski definition) is 2. The van der Waals surface area contributed by atoms with Crippen molar-refractivity contribution in [3.63, 3.8) is 0 Å². The predicted octanol–water partition coefficient (Wildman–Crippen LogP) is 0.750. The average molecular weight is 382 g/mol. The van der Waals surface area contributed by atoms with E-state index in [1.54, 1.807) is 19.9 Å². The third-order valence-corrected chi connectivity index (χ3v) is 5.99. The Hall–Kier alpha value is -1.97. The molecule has 2 N–H and O–H groups in total. The molecule has 3 rings (SSSR count). The normalized spacial score (nSPS) is 23.7. The topological polar surface area (TPSA) is 113 Å². The quantitative estimate of drug-likeness (QED) is 0.777. The molecule has 1 saturated heterocycles.